The van der Waals surface area contributed by atoms with Crippen LogP contribution < -0.4 is 16.4 Å². The maximum absolute atomic E-state index is 11.8. The molecule has 2 amide bonds. The lowest BCUT2D eigenvalue weighted by Crippen LogP contribution is -2.47. The number of aromatic nitrogens is 1. The average Bonchev–Trinajstić information content (AvgIpc) is 2.96. The summed E-state index contributed by atoms with van der Waals surface area (Å²) >= 11 is 0. The Kier molecular flexibility index (Phi) is 5.98. The second-order valence-electron chi connectivity index (χ2n) is 6.40. The summed E-state index contributed by atoms with van der Waals surface area (Å²) in [5.41, 5.74) is 9.23. The first-order valence-electron chi connectivity index (χ1n) is 8.25. The van der Waals surface area contributed by atoms with E-state index in [1.165, 1.54) is 16.5 Å². The highest BCUT2D eigenvalue weighted by Gasteiger charge is 2.17. The lowest BCUT2D eigenvalue weighted by molar-refractivity contribution is -0.127. The predicted octanol–water partition coefficient (Wildman–Crippen LogP) is 1.23. The predicted molar refractivity (Wildman–Crippen MR) is 95.6 cm³/mol. The molecule has 0 aliphatic rings. The number of para-hydroxylation sites is 1. The Hall–Kier alpha value is -2.34. The Morgan fingerprint density at radius 2 is 2.00 bits per heavy atom. The minimum Gasteiger partial charge on any atom is -0.361 e. The maximum Gasteiger partial charge on any atom is 0.239 e. The molecule has 0 saturated carbocycles. The van der Waals surface area contributed by atoms with Crippen LogP contribution in [0, 0.1) is 12.8 Å². The summed E-state index contributed by atoms with van der Waals surface area (Å²) < 4.78 is 0. The summed E-state index contributed by atoms with van der Waals surface area (Å²) in [5, 5.41) is 6.56. The van der Waals surface area contributed by atoms with Crippen molar-refractivity contribution in [3.05, 3.63) is 35.5 Å². The van der Waals surface area contributed by atoms with E-state index in [2.05, 4.69) is 34.7 Å². The van der Waals surface area contributed by atoms with Crippen molar-refractivity contribution in [2.45, 2.75) is 33.2 Å². The van der Waals surface area contributed by atoms with E-state index in [4.69, 9.17) is 5.73 Å². The first kappa shape index (κ1) is 18.0. The van der Waals surface area contributed by atoms with E-state index >= 15 is 0 Å². The number of carbonyl (C=O) groups is 2. The fourth-order valence-electron chi connectivity index (χ4n) is 2.56. The molecular formula is C18H26N4O2. The van der Waals surface area contributed by atoms with Crippen LogP contribution >= 0.6 is 0 Å². The zero-order valence-corrected chi connectivity index (χ0v) is 14.5. The summed E-state index contributed by atoms with van der Waals surface area (Å²) in [7, 11) is 0. The van der Waals surface area contributed by atoms with Gasteiger partial charge in [0, 0.05) is 23.6 Å². The van der Waals surface area contributed by atoms with Crippen molar-refractivity contribution in [3.8, 4) is 0 Å². The number of hydrogen-bond donors (Lipinski definition) is 4. The van der Waals surface area contributed by atoms with Gasteiger partial charge in [-0.2, -0.15) is 0 Å². The van der Waals surface area contributed by atoms with E-state index in [1.807, 2.05) is 26.1 Å². The monoisotopic (exact) mass is 330 g/mol. The van der Waals surface area contributed by atoms with Crippen LogP contribution in [-0.4, -0.2) is 35.9 Å². The van der Waals surface area contributed by atoms with Gasteiger partial charge in [0.15, 0.2) is 0 Å². The molecular weight excluding hydrogens is 304 g/mol. The Morgan fingerprint density at radius 1 is 1.25 bits per heavy atom. The standard InChI is InChI=1S/C18H26N4O2/c1-11(2)16(19)18(24)22-10-15(23)20-8-7-13-9-21-17-12(3)5-4-6-14(13)17/h4-6,9,11,16,21H,7-8,10,19H2,1-3H3,(H,20,23)(H,22,24)/t16-/m0/s1. The molecule has 2 rings (SSSR count). The molecule has 2 aromatic rings. The van der Waals surface area contributed by atoms with Crippen molar-refractivity contribution >= 4 is 22.7 Å². The molecule has 24 heavy (non-hydrogen) atoms. The SMILES string of the molecule is Cc1cccc2c(CCNC(=O)CNC(=O)[C@@H](N)C(C)C)c[nH]c12. The van der Waals surface area contributed by atoms with Gasteiger partial charge in [0.05, 0.1) is 12.6 Å². The Morgan fingerprint density at radius 3 is 2.71 bits per heavy atom. The number of aryl methyl sites for hydroxylation is 1. The molecule has 0 spiro atoms. The van der Waals surface area contributed by atoms with Crippen LogP contribution in [0.5, 0.6) is 0 Å². The van der Waals surface area contributed by atoms with Crippen LogP contribution in [0.2, 0.25) is 0 Å². The Labute approximate surface area is 142 Å². The normalized spacial score (nSPS) is 12.4. The Bertz CT molecular complexity index is 721. The molecule has 0 fully saturated rings. The molecule has 5 N–H and O–H groups in total. The van der Waals surface area contributed by atoms with Gasteiger partial charge in [0.2, 0.25) is 11.8 Å². The van der Waals surface area contributed by atoms with Gasteiger partial charge in [-0.05, 0) is 30.4 Å². The quantitative estimate of drug-likeness (QED) is 0.614. The zero-order valence-electron chi connectivity index (χ0n) is 14.5. The summed E-state index contributed by atoms with van der Waals surface area (Å²) in [5.74, 6) is -0.471. The van der Waals surface area contributed by atoms with Crippen LogP contribution in [-0.2, 0) is 16.0 Å². The number of aromatic amines is 1. The van der Waals surface area contributed by atoms with Crippen molar-refractivity contribution in [1.82, 2.24) is 15.6 Å². The van der Waals surface area contributed by atoms with Gasteiger partial charge in [-0.1, -0.05) is 32.0 Å². The van der Waals surface area contributed by atoms with E-state index in [0.717, 1.165) is 11.9 Å². The largest absolute Gasteiger partial charge is 0.361 e. The van der Waals surface area contributed by atoms with E-state index in [-0.39, 0.29) is 24.3 Å². The number of rotatable bonds is 7. The third-order valence-corrected chi connectivity index (χ3v) is 4.17. The van der Waals surface area contributed by atoms with Gasteiger partial charge in [-0.25, -0.2) is 0 Å². The third-order valence-electron chi connectivity index (χ3n) is 4.17. The first-order valence-corrected chi connectivity index (χ1v) is 8.25. The molecule has 1 aromatic heterocycles. The fourth-order valence-corrected chi connectivity index (χ4v) is 2.56. The van der Waals surface area contributed by atoms with Gasteiger partial charge >= 0.3 is 0 Å². The number of amides is 2. The Balaban J connectivity index is 1.78. The summed E-state index contributed by atoms with van der Waals surface area (Å²) in [4.78, 5) is 26.8. The highest BCUT2D eigenvalue weighted by atomic mass is 16.2. The van der Waals surface area contributed by atoms with Crippen molar-refractivity contribution in [2.75, 3.05) is 13.1 Å². The lowest BCUT2D eigenvalue weighted by atomic mass is 10.1. The second kappa shape index (κ2) is 7.97. The van der Waals surface area contributed by atoms with Crippen molar-refractivity contribution < 1.29 is 9.59 Å². The van der Waals surface area contributed by atoms with E-state index in [1.54, 1.807) is 0 Å². The molecule has 0 saturated heterocycles. The van der Waals surface area contributed by atoms with E-state index < -0.39 is 6.04 Å². The van der Waals surface area contributed by atoms with Gasteiger partial charge in [-0.15, -0.1) is 0 Å². The molecule has 6 heteroatoms. The van der Waals surface area contributed by atoms with Crippen molar-refractivity contribution in [2.24, 2.45) is 11.7 Å². The zero-order chi connectivity index (χ0) is 17.7. The molecule has 1 aromatic carbocycles. The molecule has 0 bridgehead atoms. The second-order valence-corrected chi connectivity index (χ2v) is 6.40. The molecule has 0 radical (unpaired) electrons. The number of benzene rings is 1. The first-order chi connectivity index (χ1) is 11.4. The van der Waals surface area contributed by atoms with Gasteiger partial charge in [-0.3, -0.25) is 9.59 Å². The minimum atomic E-state index is -0.590. The molecule has 0 aliphatic carbocycles. The van der Waals surface area contributed by atoms with Crippen LogP contribution in [0.4, 0.5) is 0 Å². The smallest absolute Gasteiger partial charge is 0.239 e. The maximum atomic E-state index is 11.8. The van der Waals surface area contributed by atoms with Gasteiger partial charge in [0.25, 0.3) is 0 Å². The van der Waals surface area contributed by atoms with Crippen LogP contribution in [0.3, 0.4) is 0 Å². The minimum absolute atomic E-state index is 0.0402. The number of hydrogen-bond acceptors (Lipinski definition) is 3. The molecule has 1 heterocycles. The molecule has 130 valence electrons. The molecule has 6 nitrogen and oxygen atoms in total. The molecule has 0 unspecified atom stereocenters. The van der Waals surface area contributed by atoms with Crippen molar-refractivity contribution in [1.29, 1.82) is 0 Å². The van der Waals surface area contributed by atoms with Crippen LogP contribution in [0.25, 0.3) is 10.9 Å². The van der Waals surface area contributed by atoms with Crippen LogP contribution in [0.1, 0.15) is 25.0 Å². The highest BCUT2D eigenvalue weighted by molar-refractivity contribution is 5.88. The molecule has 0 aliphatic heterocycles. The van der Waals surface area contributed by atoms with Gasteiger partial charge in [0.1, 0.15) is 0 Å². The number of nitrogens with one attached hydrogen (secondary N) is 3. The fraction of sp³-hybridized carbons (Fsp3) is 0.444. The number of H-pyrrole nitrogens is 1. The average molecular weight is 330 g/mol. The number of fused-ring (bicyclic) bond motifs is 1. The summed E-state index contributed by atoms with van der Waals surface area (Å²) in [6.45, 7) is 6.27. The summed E-state index contributed by atoms with van der Waals surface area (Å²) in [6.07, 6.45) is 2.71. The lowest BCUT2D eigenvalue weighted by Gasteiger charge is -2.15. The van der Waals surface area contributed by atoms with Crippen molar-refractivity contribution in [3.63, 3.8) is 0 Å². The highest BCUT2D eigenvalue weighted by Crippen LogP contribution is 2.21. The number of nitrogens with two attached hydrogens (primary N) is 1. The topological polar surface area (TPSA) is 100 Å². The number of carbonyl (C=O) groups excluding carboxylic acids is 2. The van der Waals surface area contributed by atoms with Crippen LogP contribution in [0.15, 0.2) is 24.4 Å². The third kappa shape index (κ3) is 4.35. The molecule has 1 atom stereocenters. The van der Waals surface area contributed by atoms with E-state index in [0.29, 0.717) is 6.54 Å². The van der Waals surface area contributed by atoms with Gasteiger partial charge < -0.3 is 21.4 Å². The van der Waals surface area contributed by atoms with E-state index in [9.17, 15) is 9.59 Å². The summed E-state index contributed by atoms with van der Waals surface area (Å²) in [6, 6.07) is 5.58.